The van der Waals surface area contributed by atoms with Gasteiger partial charge in [0, 0.05) is 6.04 Å². The number of rotatable bonds is 3. The molecule has 1 aromatic heterocycles. The zero-order valence-electron chi connectivity index (χ0n) is 9.01. The van der Waals surface area contributed by atoms with Crippen molar-refractivity contribution in [2.75, 3.05) is 5.32 Å². The van der Waals surface area contributed by atoms with E-state index < -0.39 is 11.6 Å². The standard InChI is InChI=1S/C12H10ClF2NS/c1-7(8-5-11(13)17-6-8)16-10-4-2-3-9(14)12(10)15/h2-7,16H,1H3. The van der Waals surface area contributed by atoms with Crippen LogP contribution in [0.5, 0.6) is 0 Å². The average molecular weight is 274 g/mol. The Morgan fingerprint density at radius 2 is 2.12 bits per heavy atom. The van der Waals surface area contributed by atoms with Crippen LogP contribution in [0.25, 0.3) is 0 Å². The Balaban J connectivity index is 2.18. The Morgan fingerprint density at radius 3 is 2.76 bits per heavy atom. The normalized spacial score (nSPS) is 12.5. The molecule has 2 aromatic rings. The van der Waals surface area contributed by atoms with E-state index >= 15 is 0 Å². The molecule has 1 N–H and O–H groups in total. The molecule has 90 valence electrons. The molecule has 0 saturated carbocycles. The van der Waals surface area contributed by atoms with Gasteiger partial charge in [0.25, 0.3) is 0 Å². The maximum Gasteiger partial charge on any atom is 0.181 e. The molecule has 0 aliphatic heterocycles. The van der Waals surface area contributed by atoms with Gasteiger partial charge in [0.05, 0.1) is 10.0 Å². The Morgan fingerprint density at radius 1 is 1.35 bits per heavy atom. The van der Waals surface area contributed by atoms with Crippen LogP contribution in [-0.4, -0.2) is 0 Å². The van der Waals surface area contributed by atoms with E-state index in [4.69, 9.17) is 11.6 Å². The summed E-state index contributed by atoms with van der Waals surface area (Å²) >= 11 is 7.23. The van der Waals surface area contributed by atoms with E-state index in [2.05, 4.69) is 5.32 Å². The van der Waals surface area contributed by atoms with Crippen molar-refractivity contribution in [3.63, 3.8) is 0 Å². The van der Waals surface area contributed by atoms with Gasteiger partial charge in [-0.25, -0.2) is 8.78 Å². The van der Waals surface area contributed by atoms with Gasteiger partial charge in [-0.1, -0.05) is 17.7 Å². The van der Waals surface area contributed by atoms with Gasteiger partial charge >= 0.3 is 0 Å². The predicted molar refractivity (Wildman–Crippen MR) is 67.7 cm³/mol. The zero-order valence-corrected chi connectivity index (χ0v) is 10.6. The number of hydrogen-bond donors (Lipinski definition) is 1. The Hall–Kier alpha value is -1.13. The lowest BCUT2D eigenvalue weighted by Gasteiger charge is -2.14. The largest absolute Gasteiger partial charge is 0.376 e. The summed E-state index contributed by atoms with van der Waals surface area (Å²) in [6.45, 7) is 1.86. The summed E-state index contributed by atoms with van der Waals surface area (Å²) in [6, 6.07) is 5.74. The van der Waals surface area contributed by atoms with Crippen LogP contribution in [0.15, 0.2) is 29.6 Å². The molecule has 0 amide bonds. The van der Waals surface area contributed by atoms with Gasteiger partial charge in [-0.15, -0.1) is 11.3 Å². The maximum absolute atomic E-state index is 13.4. The predicted octanol–water partition coefficient (Wildman–Crippen LogP) is 4.85. The van der Waals surface area contributed by atoms with Crippen molar-refractivity contribution in [1.29, 1.82) is 0 Å². The number of halogens is 3. The molecule has 0 saturated heterocycles. The Labute approximate surface area is 107 Å². The third-order valence-electron chi connectivity index (χ3n) is 2.41. The third-order valence-corrected chi connectivity index (χ3v) is 3.52. The monoisotopic (exact) mass is 273 g/mol. The van der Waals surface area contributed by atoms with Crippen LogP contribution in [-0.2, 0) is 0 Å². The fourth-order valence-electron chi connectivity index (χ4n) is 1.48. The van der Waals surface area contributed by atoms with Crippen LogP contribution >= 0.6 is 22.9 Å². The fraction of sp³-hybridized carbons (Fsp3) is 0.167. The summed E-state index contributed by atoms with van der Waals surface area (Å²) < 4.78 is 27.1. The number of nitrogens with one attached hydrogen (secondary N) is 1. The van der Waals surface area contributed by atoms with Crippen molar-refractivity contribution in [2.45, 2.75) is 13.0 Å². The minimum absolute atomic E-state index is 0.130. The van der Waals surface area contributed by atoms with Crippen molar-refractivity contribution < 1.29 is 8.78 Å². The second kappa shape index (κ2) is 5.02. The summed E-state index contributed by atoms with van der Waals surface area (Å²) in [5.74, 6) is -1.72. The first kappa shape index (κ1) is 12.3. The molecule has 1 nitrogen and oxygen atoms in total. The highest BCUT2D eigenvalue weighted by Crippen LogP contribution is 2.28. The molecule has 0 fully saturated rings. The Kier molecular flexibility index (Phi) is 3.64. The van der Waals surface area contributed by atoms with Gasteiger partial charge in [0.2, 0.25) is 0 Å². The molecule has 1 aromatic carbocycles. The molecular formula is C12H10ClF2NS. The van der Waals surface area contributed by atoms with E-state index in [1.165, 1.54) is 23.5 Å². The van der Waals surface area contributed by atoms with Crippen molar-refractivity contribution in [3.05, 3.63) is 51.2 Å². The minimum Gasteiger partial charge on any atom is -0.376 e. The highest BCUT2D eigenvalue weighted by Gasteiger charge is 2.12. The highest BCUT2D eigenvalue weighted by atomic mass is 35.5. The van der Waals surface area contributed by atoms with Crippen molar-refractivity contribution in [3.8, 4) is 0 Å². The van der Waals surface area contributed by atoms with E-state index in [-0.39, 0.29) is 11.7 Å². The molecule has 5 heteroatoms. The van der Waals surface area contributed by atoms with Crippen LogP contribution in [0.4, 0.5) is 14.5 Å². The van der Waals surface area contributed by atoms with E-state index in [1.54, 1.807) is 6.07 Å². The van der Waals surface area contributed by atoms with E-state index in [0.29, 0.717) is 4.34 Å². The first-order valence-corrected chi connectivity index (χ1v) is 6.28. The number of anilines is 1. The average Bonchev–Trinajstić information content (AvgIpc) is 2.72. The van der Waals surface area contributed by atoms with Crippen LogP contribution in [0, 0.1) is 11.6 Å². The SMILES string of the molecule is CC(Nc1cccc(F)c1F)c1csc(Cl)c1. The summed E-state index contributed by atoms with van der Waals surface area (Å²) in [6.07, 6.45) is 0. The molecule has 0 spiro atoms. The Bertz CT molecular complexity index is 527. The van der Waals surface area contributed by atoms with E-state index in [0.717, 1.165) is 11.6 Å². The summed E-state index contributed by atoms with van der Waals surface area (Å²) in [7, 11) is 0. The molecule has 0 aliphatic rings. The van der Waals surface area contributed by atoms with Crippen LogP contribution in [0.1, 0.15) is 18.5 Å². The molecule has 17 heavy (non-hydrogen) atoms. The van der Waals surface area contributed by atoms with Gasteiger partial charge in [-0.2, -0.15) is 0 Å². The fourth-order valence-corrected chi connectivity index (χ4v) is 2.47. The quantitative estimate of drug-likeness (QED) is 0.843. The summed E-state index contributed by atoms with van der Waals surface area (Å²) in [5, 5.41) is 4.80. The number of thiophene rings is 1. The summed E-state index contributed by atoms with van der Waals surface area (Å²) in [4.78, 5) is 0. The van der Waals surface area contributed by atoms with Gasteiger partial charge in [0.1, 0.15) is 0 Å². The molecule has 1 heterocycles. The number of hydrogen-bond acceptors (Lipinski definition) is 2. The summed E-state index contributed by atoms with van der Waals surface area (Å²) in [5.41, 5.74) is 1.10. The lowest BCUT2D eigenvalue weighted by molar-refractivity contribution is 0.510. The van der Waals surface area contributed by atoms with Gasteiger partial charge < -0.3 is 5.32 Å². The lowest BCUT2D eigenvalue weighted by atomic mass is 10.1. The molecule has 1 unspecified atom stereocenters. The topological polar surface area (TPSA) is 12.0 Å². The minimum atomic E-state index is -0.860. The molecule has 2 rings (SSSR count). The van der Waals surface area contributed by atoms with Crippen molar-refractivity contribution in [1.82, 2.24) is 0 Å². The van der Waals surface area contributed by atoms with Crippen LogP contribution < -0.4 is 5.32 Å². The van der Waals surface area contributed by atoms with Crippen molar-refractivity contribution in [2.24, 2.45) is 0 Å². The first-order valence-electron chi connectivity index (χ1n) is 5.02. The molecule has 0 aliphatic carbocycles. The molecule has 0 radical (unpaired) electrons. The van der Waals surface area contributed by atoms with Gasteiger partial charge in [0.15, 0.2) is 11.6 Å². The zero-order chi connectivity index (χ0) is 12.4. The van der Waals surface area contributed by atoms with E-state index in [9.17, 15) is 8.78 Å². The van der Waals surface area contributed by atoms with Gasteiger partial charge in [-0.3, -0.25) is 0 Å². The lowest BCUT2D eigenvalue weighted by Crippen LogP contribution is -2.07. The maximum atomic E-state index is 13.4. The third kappa shape index (κ3) is 2.76. The van der Waals surface area contributed by atoms with Crippen LogP contribution in [0.3, 0.4) is 0 Å². The molecular weight excluding hydrogens is 264 g/mol. The van der Waals surface area contributed by atoms with Crippen LogP contribution in [0.2, 0.25) is 4.34 Å². The first-order chi connectivity index (χ1) is 8.08. The second-order valence-corrected chi connectivity index (χ2v) is 5.19. The number of benzene rings is 1. The smallest absolute Gasteiger partial charge is 0.181 e. The highest BCUT2D eigenvalue weighted by molar-refractivity contribution is 7.14. The van der Waals surface area contributed by atoms with Gasteiger partial charge in [-0.05, 0) is 36.1 Å². The van der Waals surface area contributed by atoms with E-state index in [1.807, 2.05) is 12.3 Å². The molecule has 1 atom stereocenters. The molecule has 0 bridgehead atoms. The second-order valence-electron chi connectivity index (χ2n) is 3.65. The van der Waals surface area contributed by atoms with Crippen molar-refractivity contribution >= 4 is 28.6 Å².